The topological polar surface area (TPSA) is 74.7 Å². The van der Waals surface area contributed by atoms with E-state index in [0.29, 0.717) is 28.7 Å². The number of aromatic nitrogens is 1. The van der Waals surface area contributed by atoms with Crippen LogP contribution in [-0.2, 0) is 11.3 Å². The van der Waals surface area contributed by atoms with Crippen molar-refractivity contribution in [3.05, 3.63) is 53.9 Å². The van der Waals surface area contributed by atoms with Crippen LogP contribution in [0.3, 0.4) is 0 Å². The number of Topliss-reactive ketones (excluding diaryl/α,β-unsaturated/α-hetero) is 1. The Balaban J connectivity index is 1.95. The van der Waals surface area contributed by atoms with E-state index >= 15 is 0 Å². The molecule has 1 aliphatic heterocycles. The van der Waals surface area contributed by atoms with E-state index < -0.39 is 0 Å². The Kier molecular flexibility index (Phi) is 5.68. The van der Waals surface area contributed by atoms with Gasteiger partial charge in [-0.05, 0) is 43.7 Å². The van der Waals surface area contributed by atoms with Gasteiger partial charge in [0.25, 0.3) is 0 Å². The van der Waals surface area contributed by atoms with E-state index in [1.165, 1.54) is 18.7 Å². The van der Waals surface area contributed by atoms with Gasteiger partial charge >= 0.3 is 0 Å². The Morgan fingerprint density at radius 2 is 2.23 bits per heavy atom. The summed E-state index contributed by atoms with van der Waals surface area (Å²) in [6.07, 6.45) is 3.45. The van der Waals surface area contributed by atoms with Crippen molar-refractivity contribution in [2.45, 2.75) is 20.4 Å². The number of carbonyl (C=O) groups is 2. The van der Waals surface area contributed by atoms with Gasteiger partial charge in [-0.25, -0.2) is 4.99 Å². The number of ketones is 1. The Morgan fingerprint density at radius 1 is 1.38 bits per heavy atom. The van der Waals surface area contributed by atoms with Gasteiger partial charge in [0.1, 0.15) is 0 Å². The standard InChI is InChI=1S/C19H20N4O2S/c1-3-21-16-7-6-15(13(2)24)9-17(16)22-19-23(18(25)12-26-19)11-14-5-4-8-20-10-14/h4-10,21H,3,11-12H2,1-2H3. The van der Waals surface area contributed by atoms with Gasteiger partial charge in [0.15, 0.2) is 11.0 Å². The monoisotopic (exact) mass is 368 g/mol. The molecule has 2 heterocycles. The molecule has 1 amide bonds. The number of pyridine rings is 1. The molecule has 0 aliphatic carbocycles. The summed E-state index contributed by atoms with van der Waals surface area (Å²) in [5, 5.41) is 3.89. The number of hydrogen-bond donors (Lipinski definition) is 1. The number of aliphatic imine (C=N–C) groups is 1. The van der Waals surface area contributed by atoms with Gasteiger partial charge in [-0.3, -0.25) is 19.5 Å². The number of nitrogens with zero attached hydrogens (tertiary/aromatic N) is 3. The van der Waals surface area contributed by atoms with Gasteiger partial charge in [0.05, 0.1) is 23.7 Å². The average molecular weight is 368 g/mol. The summed E-state index contributed by atoms with van der Waals surface area (Å²) in [5.41, 5.74) is 3.04. The smallest absolute Gasteiger partial charge is 0.239 e. The molecule has 1 aromatic heterocycles. The molecule has 3 rings (SSSR count). The lowest BCUT2D eigenvalue weighted by molar-refractivity contribution is -0.124. The number of amides is 1. The third-order valence-corrected chi connectivity index (χ3v) is 4.87. The molecule has 0 spiro atoms. The van der Waals surface area contributed by atoms with E-state index in [9.17, 15) is 9.59 Å². The largest absolute Gasteiger partial charge is 0.384 e. The van der Waals surface area contributed by atoms with Crippen molar-refractivity contribution in [3.8, 4) is 0 Å². The number of amidine groups is 1. The van der Waals surface area contributed by atoms with E-state index in [-0.39, 0.29) is 11.7 Å². The molecule has 2 aromatic rings. The van der Waals surface area contributed by atoms with Gasteiger partial charge in [-0.1, -0.05) is 17.8 Å². The summed E-state index contributed by atoms with van der Waals surface area (Å²) in [6.45, 7) is 4.70. The number of thioether (sulfide) groups is 1. The Morgan fingerprint density at radius 3 is 2.92 bits per heavy atom. The molecule has 0 unspecified atom stereocenters. The first-order valence-corrected chi connectivity index (χ1v) is 9.36. The van der Waals surface area contributed by atoms with Gasteiger partial charge < -0.3 is 5.32 Å². The molecule has 0 bridgehead atoms. The summed E-state index contributed by atoms with van der Waals surface area (Å²) < 4.78 is 0. The van der Waals surface area contributed by atoms with Crippen LogP contribution < -0.4 is 5.32 Å². The molecule has 0 radical (unpaired) electrons. The van der Waals surface area contributed by atoms with E-state index in [0.717, 1.165) is 17.8 Å². The van der Waals surface area contributed by atoms with Crippen LogP contribution in [0.25, 0.3) is 0 Å². The average Bonchev–Trinajstić information content (AvgIpc) is 2.97. The first-order valence-electron chi connectivity index (χ1n) is 8.38. The van der Waals surface area contributed by atoms with Crippen molar-refractivity contribution in [1.82, 2.24) is 9.88 Å². The van der Waals surface area contributed by atoms with Crippen LogP contribution in [0.5, 0.6) is 0 Å². The zero-order chi connectivity index (χ0) is 18.5. The highest BCUT2D eigenvalue weighted by Gasteiger charge is 2.28. The number of hydrogen-bond acceptors (Lipinski definition) is 6. The maximum absolute atomic E-state index is 12.3. The molecule has 26 heavy (non-hydrogen) atoms. The van der Waals surface area contributed by atoms with Crippen molar-refractivity contribution in [2.75, 3.05) is 17.6 Å². The van der Waals surface area contributed by atoms with Crippen molar-refractivity contribution in [3.63, 3.8) is 0 Å². The van der Waals surface area contributed by atoms with Gasteiger partial charge in [0.2, 0.25) is 5.91 Å². The molecule has 7 heteroatoms. The van der Waals surface area contributed by atoms with Crippen molar-refractivity contribution in [2.24, 2.45) is 4.99 Å². The molecule has 1 aliphatic rings. The molecule has 1 aromatic carbocycles. The highest BCUT2D eigenvalue weighted by molar-refractivity contribution is 8.15. The summed E-state index contributed by atoms with van der Waals surface area (Å²) in [7, 11) is 0. The minimum Gasteiger partial charge on any atom is -0.384 e. The molecule has 1 N–H and O–H groups in total. The van der Waals surface area contributed by atoms with E-state index in [1.807, 2.05) is 25.1 Å². The zero-order valence-electron chi connectivity index (χ0n) is 14.7. The second-order valence-corrected chi connectivity index (χ2v) is 6.79. The minimum atomic E-state index is -0.0168. The van der Waals surface area contributed by atoms with Crippen molar-refractivity contribution < 1.29 is 9.59 Å². The first kappa shape index (κ1) is 18.1. The van der Waals surface area contributed by atoms with Gasteiger partial charge in [-0.15, -0.1) is 0 Å². The van der Waals surface area contributed by atoms with E-state index in [1.54, 1.807) is 29.4 Å². The molecular formula is C19H20N4O2S. The second-order valence-electron chi connectivity index (χ2n) is 5.84. The van der Waals surface area contributed by atoms with Gasteiger partial charge in [0, 0.05) is 24.5 Å². The number of carbonyl (C=O) groups excluding carboxylic acids is 2. The quantitative estimate of drug-likeness (QED) is 0.790. The Labute approximate surface area is 156 Å². The normalized spacial score (nSPS) is 15.5. The first-order chi connectivity index (χ1) is 12.6. The molecule has 1 saturated heterocycles. The molecule has 6 nitrogen and oxygen atoms in total. The van der Waals surface area contributed by atoms with Gasteiger partial charge in [-0.2, -0.15) is 0 Å². The number of anilines is 1. The fraction of sp³-hybridized carbons (Fsp3) is 0.263. The summed E-state index contributed by atoms with van der Waals surface area (Å²) in [5.74, 6) is 0.365. The summed E-state index contributed by atoms with van der Waals surface area (Å²) in [4.78, 5) is 34.5. The highest BCUT2D eigenvalue weighted by atomic mass is 32.2. The van der Waals surface area contributed by atoms with E-state index in [4.69, 9.17) is 4.99 Å². The number of nitrogens with one attached hydrogen (secondary N) is 1. The molecule has 134 valence electrons. The third kappa shape index (κ3) is 4.11. The predicted molar refractivity (Wildman–Crippen MR) is 105 cm³/mol. The number of rotatable bonds is 6. The maximum atomic E-state index is 12.3. The maximum Gasteiger partial charge on any atom is 0.239 e. The van der Waals surface area contributed by atoms with Crippen molar-refractivity contribution in [1.29, 1.82) is 0 Å². The van der Waals surface area contributed by atoms with Crippen LogP contribution in [-0.4, -0.2) is 39.0 Å². The van der Waals surface area contributed by atoms with Crippen molar-refractivity contribution >= 4 is 40.0 Å². The lowest BCUT2D eigenvalue weighted by Crippen LogP contribution is -2.28. The van der Waals surface area contributed by atoms with Crippen LogP contribution in [0.2, 0.25) is 0 Å². The molecular weight excluding hydrogens is 348 g/mol. The lowest BCUT2D eigenvalue weighted by atomic mass is 10.1. The molecule has 0 atom stereocenters. The van der Waals surface area contributed by atoms with Crippen LogP contribution >= 0.6 is 11.8 Å². The van der Waals surface area contributed by atoms with Crippen LogP contribution in [0.4, 0.5) is 11.4 Å². The fourth-order valence-electron chi connectivity index (χ4n) is 2.60. The summed E-state index contributed by atoms with van der Waals surface area (Å²) in [6, 6.07) is 9.18. The highest BCUT2D eigenvalue weighted by Crippen LogP contribution is 2.31. The third-order valence-electron chi connectivity index (χ3n) is 3.91. The zero-order valence-corrected chi connectivity index (χ0v) is 15.5. The Hall–Kier alpha value is -2.67. The van der Waals surface area contributed by atoms with E-state index in [2.05, 4.69) is 10.3 Å². The predicted octanol–water partition coefficient (Wildman–Crippen LogP) is 3.48. The van der Waals surface area contributed by atoms with Crippen LogP contribution in [0, 0.1) is 0 Å². The Bertz CT molecular complexity index is 852. The fourth-order valence-corrected chi connectivity index (χ4v) is 3.49. The van der Waals surface area contributed by atoms with Crippen LogP contribution in [0.15, 0.2) is 47.7 Å². The summed E-state index contributed by atoms with van der Waals surface area (Å²) >= 11 is 1.41. The molecule has 1 fully saturated rings. The number of benzene rings is 1. The SMILES string of the molecule is CCNc1ccc(C(C)=O)cc1N=C1SCC(=O)N1Cc1cccnc1. The minimum absolute atomic E-state index is 0.0168. The second kappa shape index (κ2) is 8.14. The molecule has 0 saturated carbocycles. The lowest BCUT2D eigenvalue weighted by Gasteiger charge is -2.17. The van der Waals surface area contributed by atoms with Crippen LogP contribution in [0.1, 0.15) is 29.8 Å².